The summed E-state index contributed by atoms with van der Waals surface area (Å²) in [6.07, 6.45) is 2.04. The lowest BCUT2D eigenvalue weighted by Crippen LogP contribution is -2.45. The van der Waals surface area contributed by atoms with Crippen molar-refractivity contribution in [2.24, 2.45) is 11.8 Å². The van der Waals surface area contributed by atoms with Crippen LogP contribution >= 0.6 is 0 Å². The molecule has 0 spiro atoms. The summed E-state index contributed by atoms with van der Waals surface area (Å²) in [4.78, 5) is 11.8. The zero-order valence-corrected chi connectivity index (χ0v) is 9.62. The Morgan fingerprint density at radius 2 is 2.33 bits per heavy atom. The molecule has 1 aliphatic rings. The molecule has 0 saturated carbocycles. The molecule has 88 valence electrons. The second kappa shape index (κ2) is 6.08. The SMILES string of the molecule is CC(CO)C(C)NC(=O)[C@@H]1CCCNC1. The summed E-state index contributed by atoms with van der Waals surface area (Å²) in [6, 6.07) is 0.0458. The van der Waals surface area contributed by atoms with Gasteiger partial charge in [0, 0.05) is 19.2 Å². The summed E-state index contributed by atoms with van der Waals surface area (Å²) in [6.45, 7) is 5.79. The average Bonchev–Trinajstić information content (AvgIpc) is 2.29. The van der Waals surface area contributed by atoms with Crippen molar-refractivity contribution in [2.75, 3.05) is 19.7 Å². The molecule has 1 heterocycles. The van der Waals surface area contributed by atoms with E-state index in [2.05, 4.69) is 10.6 Å². The summed E-state index contributed by atoms with van der Waals surface area (Å²) in [5, 5.41) is 15.1. The molecular formula is C11H22N2O2. The Kier molecular flexibility index (Phi) is 5.05. The number of carbonyl (C=O) groups is 1. The van der Waals surface area contributed by atoms with E-state index in [1.807, 2.05) is 13.8 Å². The first-order valence-corrected chi connectivity index (χ1v) is 5.77. The molecule has 0 bridgehead atoms. The quantitative estimate of drug-likeness (QED) is 0.623. The summed E-state index contributed by atoms with van der Waals surface area (Å²) in [5.74, 6) is 0.340. The predicted octanol–water partition coefficient (Wildman–Crippen LogP) is 0.119. The number of carbonyl (C=O) groups excluding carboxylic acids is 1. The van der Waals surface area contributed by atoms with Crippen molar-refractivity contribution in [3.05, 3.63) is 0 Å². The fourth-order valence-electron chi connectivity index (χ4n) is 1.72. The molecule has 4 heteroatoms. The predicted molar refractivity (Wildman–Crippen MR) is 59.4 cm³/mol. The highest BCUT2D eigenvalue weighted by atomic mass is 16.3. The molecule has 3 atom stereocenters. The van der Waals surface area contributed by atoms with Crippen LogP contribution in [0.5, 0.6) is 0 Å². The largest absolute Gasteiger partial charge is 0.396 e. The van der Waals surface area contributed by atoms with Crippen LogP contribution in [0.15, 0.2) is 0 Å². The van der Waals surface area contributed by atoms with Crippen LogP contribution in [0.2, 0.25) is 0 Å². The molecule has 0 radical (unpaired) electrons. The number of aliphatic hydroxyl groups is 1. The van der Waals surface area contributed by atoms with E-state index in [4.69, 9.17) is 5.11 Å². The third-order valence-electron chi connectivity index (χ3n) is 3.18. The normalized spacial score (nSPS) is 25.7. The summed E-state index contributed by atoms with van der Waals surface area (Å²) in [7, 11) is 0. The van der Waals surface area contributed by atoms with Gasteiger partial charge < -0.3 is 15.7 Å². The average molecular weight is 214 g/mol. The molecule has 0 aromatic carbocycles. The van der Waals surface area contributed by atoms with Crippen LogP contribution in [0.25, 0.3) is 0 Å². The van der Waals surface area contributed by atoms with Gasteiger partial charge in [-0.3, -0.25) is 4.79 Å². The molecule has 0 aromatic heterocycles. The zero-order chi connectivity index (χ0) is 11.3. The van der Waals surface area contributed by atoms with Crippen LogP contribution in [-0.4, -0.2) is 36.8 Å². The molecule has 1 rings (SSSR count). The number of amides is 1. The fraction of sp³-hybridized carbons (Fsp3) is 0.909. The number of aliphatic hydroxyl groups excluding tert-OH is 1. The van der Waals surface area contributed by atoms with Crippen molar-refractivity contribution in [3.63, 3.8) is 0 Å². The molecule has 4 nitrogen and oxygen atoms in total. The van der Waals surface area contributed by atoms with Gasteiger partial charge in [-0.2, -0.15) is 0 Å². The summed E-state index contributed by atoms with van der Waals surface area (Å²) in [5.41, 5.74) is 0. The Labute approximate surface area is 91.4 Å². The smallest absolute Gasteiger partial charge is 0.224 e. The third kappa shape index (κ3) is 3.80. The Hall–Kier alpha value is -0.610. The number of nitrogens with one attached hydrogen (secondary N) is 2. The maximum Gasteiger partial charge on any atom is 0.224 e. The molecular weight excluding hydrogens is 192 g/mol. The monoisotopic (exact) mass is 214 g/mol. The molecule has 3 N–H and O–H groups in total. The lowest BCUT2D eigenvalue weighted by atomic mass is 9.97. The first-order chi connectivity index (χ1) is 7.15. The minimum atomic E-state index is 0.0458. The topological polar surface area (TPSA) is 61.4 Å². The van der Waals surface area contributed by atoms with Crippen molar-refractivity contribution in [1.82, 2.24) is 10.6 Å². The number of hydrogen-bond donors (Lipinski definition) is 3. The van der Waals surface area contributed by atoms with E-state index in [1.165, 1.54) is 0 Å². The highest BCUT2D eigenvalue weighted by Gasteiger charge is 2.23. The maximum atomic E-state index is 11.8. The van der Waals surface area contributed by atoms with Gasteiger partial charge in [-0.15, -0.1) is 0 Å². The van der Waals surface area contributed by atoms with E-state index >= 15 is 0 Å². The van der Waals surface area contributed by atoms with E-state index in [1.54, 1.807) is 0 Å². The molecule has 0 aromatic rings. The number of piperidine rings is 1. The van der Waals surface area contributed by atoms with Crippen molar-refractivity contribution in [2.45, 2.75) is 32.7 Å². The van der Waals surface area contributed by atoms with E-state index in [9.17, 15) is 4.79 Å². The third-order valence-corrected chi connectivity index (χ3v) is 3.18. The zero-order valence-electron chi connectivity index (χ0n) is 9.62. The van der Waals surface area contributed by atoms with Gasteiger partial charge >= 0.3 is 0 Å². The van der Waals surface area contributed by atoms with Crippen LogP contribution in [-0.2, 0) is 4.79 Å². The van der Waals surface area contributed by atoms with Gasteiger partial charge in [-0.25, -0.2) is 0 Å². The van der Waals surface area contributed by atoms with E-state index in [-0.39, 0.29) is 30.4 Å². The standard InChI is InChI=1S/C11H22N2O2/c1-8(7-14)9(2)13-11(15)10-4-3-5-12-6-10/h8-10,12,14H,3-7H2,1-2H3,(H,13,15)/t8?,9?,10-/m1/s1. The van der Waals surface area contributed by atoms with Gasteiger partial charge in [0.15, 0.2) is 0 Å². The molecule has 1 saturated heterocycles. The molecule has 1 fully saturated rings. The van der Waals surface area contributed by atoms with Gasteiger partial charge in [0.2, 0.25) is 5.91 Å². The Morgan fingerprint density at radius 3 is 2.87 bits per heavy atom. The Morgan fingerprint density at radius 1 is 1.60 bits per heavy atom. The van der Waals surface area contributed by atoms with Crippen molar-refractivity contribution in [3.8, 4) is 0 Å². The summed E-state index contributed by atoms with van der Waals surface area (Å²) < 4.78 is 0. The number of hydrogen-bond acceptors (Lipinski definition) is 3. The van der Waals surface area contributed by atoms with Gasteiger partial charge in [0.25, 0.3) is 0 Å². The molecule has 1 amide bonds. The van der Waals surface area contributed by atoms with Gasteiger partial charge in [-0.1, -0.05) is 6.92 Å². The van der Waals surface area contributed by atoms with Crippen molar-refractivity contribution >= 4 is 5.91 Å². The first kappa shape index (κ1) is 12.5. The maximum absolute atomic E-state index is 11.8. The lowest BCUT2D eigenvalue weighted by molar-refractivity contribution is -0.126. The van der Waals surface area contributed by atoms with Crippen LogP contribution in [0.4, 0.5) is 0 Å². The van der Waals surface area contributed by atoms with Crippen LogP contribution in [0.3, 0.4) is 0 Å². The van der Waals surface area contributed by atoms with Crippen LogP contribution < -0.4 is 10.6 Å². The Balaban J connectivity index is 2.33. The molecule has 1 aliphatic heterocycles. The highest BCUT2D eigenvalue weighted by molar-refractivity contribution is 5.79. The second-order valence-corrected chi connectivity index (χ2v) is 4.50. The van der Waals surface area contributed by atoms with Crippen LogP contribution in [0, 0.1) is 11.8 Å². The molecule has 15 heavy (non-hydrogen) atoms. The minimum absolute atomic E-state index is 0.0458. The van der Waals surface area contributed by atoms with E-state index in [0.717, 1.165) is 25.9 Å². The highest BCUT2D eigenvalue weighted by Crippen LogP contribution is 2.11. The van der Waals surface area contributed by atoms with E-state index in [0.29, 0.717) is 0 Å². The van der Waals surface area contributed by atoms with Crippen LogP contribution in [0.1, 0.15) is 26.7 Å². The second-order valence-electron chi connectivity index (χ2n) is 4.50. The molecule has 2 unspecified atom stereocenters. The van der Waals surface area contributed by atoms with Gasteiger partial charge in [-0.05, 0) is 32.2 Å². The Bertz CT molecular complexity index is 203. The lowest BCUT2D eigenvalue weighted by Gasteiger charge is -2.25. The fourth-order valence-corrected chi connectivity index (χ4v) is 1.72. The van der Waals surface area contributed by atoms with Gasteiger partial charge in [0.1, 0.15) is 0 Å². The van der Waals surface area contributed by atoms with E-state index < -0.39 is 0 Å². The van der Waals surface area contributed by atoms with Crippen molar-refractivity contribution < 1.29 is 9.90 Å². The number of rotatable bonds is 4. The van der Waals surface area contributed by atoms with Crippen molar-refractivity contribution in [1.29, 1.82) is 0 Å². The molecule has 0 aliphatic carbocycles. The minimum Gasteiger partial charge on any atom is -0.396 e. The first-order valence-electron chi connectivity index (χ1n) is 5.77. The summed E-state index contributed by atoms with van der Waals surface area (Å²) >= 11 is 0. The van der Waals surface area contributed by atoms with Gasteiger partial charge in [0.05, 0.1) is 5.92 Å².